The van der Waals surface area contributed by atoms with Crippen molar-refractivity contribution < 1.29 is 76.1 Å². The lowest BCUT2D eigenvalue weighted by molar-refractivity contribution is -0.350. The van der Waals surface area contributed by atoms with Gasteiger partial charge in [0.25, 0.3) is 0 Å². The molecule has 16 heteroatoms. The Balaban J connectivity index is 1.22. The molecule has 0 N–H and O–H groups in total. The highest BCUT2D eigenvalue weighted by atomic mass is 16.8. The molecule has 2 aliphatic rings. The Morgan fingerprint density at radius 3 is 1.01 bits per heavy atom. The maximum absolute atomic E-state index is 14.2. The molecule has 8 rings (SSSR count). The first-order valence-electron chi connectivity index (χ1n) is 23.1. The van der Waals surface area contributed by atoms with Gasteiger partial charge in [0.1, 0.15) is 37.6 Å². The SMILES string of the molecule is CO[C@H]1OC(COC(=O)c2ccccc2)[C@@H](OC(=O)c2ccccc2)[C@H](O[C@H]2OC(COC(=O)c3ccccc3)[C@@H](OC(=O)c3ccccc3)[C@H](C)C2OC(=O)c2ccccc2)C1OC(=O)c1ccccc1. The van der Waals surface area contributed by atoms with Crippen molar-refractivity contribution in [3.63, 3.8) is 0 Å². The van der Waals surface area contributed by atoms with Crippen molar-refractivity contribution in [2.24, 2.45) is 5.92 Å². The van der Waals surface area contributed by atoms with Gasteiger partial charge >= 0.3 is 35.8 Å². The van der Waals surface area contributed by atoms with E-state index in [0.717, 1.165) is 0 Å². The Morgan fingerprint density at radius 1 is 0.361 bits per heavy atom. The lowest BCUT2D eigenvalue weighted by Crippen LogP contribution is -2.65. The lowest BCUT2D eigenvalue weighted by atomic mass is 9.89. The normalized spacial score (nSPS) is 23.6. The van der Waals surface area contributed by atoms with Gasteiger partial charge in [-0.25, -0.2) is 28.8 Å². The number of methoxy groups -OCH3 is 1. The third kappa shape index (κ3) is 12.5. The van der Waals surface area contributed by atoms with Gasteiger partial charge in [0.15, 0.2) is 30.9 Å². The Kier molecular flexibility index (Phi) is 16.9. The van der Waals surface area contributed by atoms with Crippen LogP contribution in [-0.4, -0.2) is 111 Å². The van der Waals surface area contributed by atoms with Gasteiger partial charge in [0, 0.05) is 13.0 Å². The van der Waals surface area contributed by atoms with Gasteiger partial charge < -0.3 is 47.4 Å². The molecule has 4 unspecified atom stereocenters. The first kappa shape index (κ1) is 50.4. The van der Waals surface area contributed by atoms with Crippen LogP contribution in [-0.2, 0) is 47.4 Å². The van der Waals surface area contributed by atoms with Gasteiger partial charge in [0.05, 0.1) is 33.4 Å². The fourth-order valence-electron chi connectivity index (χ4n) is 8.16. The molecule has 6 aromatic rings. The quantitative estimate of drug-likeness (QED) is 0.0636. The second kappa shape index (κ2) is 24.2. The first-order valence-corrected chi connectivity index (χ1v) is 23.1. The smallest absolute Gasteiger partial charge is 0.338 e. The van der Waals surface area contributed by atoms with Crippen molar-refractivity contribution in [2.45, 2.75) is 62.2 Å². The van der Waals surface area contributed by atoms with Crippen LogP contribution < -0.4 is 0 Å². The Labute approximate surface area is 414 Å². The molecule has 0 bridgehead atoms. The third-order valence-corrected chi connectivity index (χ3v) is 11.9. The summed E-state index contributed by atoms with van der Waals surface area (Å²) in [5.74, 6) is -5.78. The van der Waals surface area contributed by atoms with E-state index in [-0.39, 0.29) is 33.4 Å². The van der Waals surface area contributed by atoms with Crippen molar-refractivity contribution in [3.8, 4) is 0 Å². The Hall–Kier alpha value is -8.02. The highest BCUT2D eigenvalue weighted by molar-refractivity contribution is 5.92. The Bertz CT molecular complexity index is 2740. The number of hydrogen-bond acceptors (Lipinski definition) is 16. The van der Waals surface area contributed by atoms with Crippen LogP contribution in [0, 0.1) is 5.92 Å². The zero-order valence-corrected chi connectivity index (χ0v) is 39.0. The number of carbonyl (C=O) groups excluding carboxylic acids is 6. The third-order valence-electron chi connectivity index (χ3n) is 11.9. The van der Waals surface area contributed by atoms with Crippen LogP contribution in [0.25, 0.3) is 0 Å². The van der Waals surface area contributed by atoms with Crippen molar-refractivity contribution >= 4 is 35.8 Å². The molecule has 370 valence electrons. The second-order valence-electron chi connectivity index (χ2n) is 16.7. The largest absolute Gasteiger partial charge is 0.459 e. The summed E-state index contributed by atoms with van der Waals surface area (Å²) in [5, 5.41) is 0. The minimum absolute atomic E-state index is 0.114. The van der Waals surface area contributed by atoms with Crippen LogP contribution in [0.15, 0.2) is 182 Å². The van der Waals surface area contributed by atoms with Crippen molar-refractivity contribution in [3.05, 3.63) is 215 Å². The van der Waals surface area contributed by atoms with Crippen LogP contribution in [0.2, 0.25) is 0 Å². The van der Waals surface area contributed by atoms with Crippen LogP contribution in [0.4, 0.5) is 0 Å². The molecule has 2 aliphatic heterocycles. The van der Waals surface area contributed by atoms with Gasteiger partial charge in [0.2, 0.25) is 0 Å². The lowest BCUT2D eigenvalue weighted by Gasteiger charge is -2.48. The highest BCUT2D eigenvalue weighted by Crippen LogP contribution is 2.38. The number of ether oxygens (including phenoxy) is 10. The van der Waals surface area contributed by atoms with E-state index < -0.39 is 110 Å². The van der Waals surface area contributed by atoms with Gasteiger partial charge in [-0.2, -0.15) is 0 Å². The van der Waals surface area contributed by atoms with Crippen LogP contribution >= 0.6 is 0 Å². The summed E-state index contributed by atoms with van der Waals surface area (Å²) in [7, 11) is 1.28. The molecule has 0 aromatic heterocycles. The molecular weight excluding hydrogens is 929 g/mol. The molecule has 0 saturated carbocycles. The minimum Gasteiger partial charge on any atom is -0.459 e. The number of benzene rings is 6. The molecular formula is C56H50O16. The van der Waals surface area contributed by atoms with E-state index in [0.29, 0.717) is 0 Å². The van der Waals surface area contributed by atoms with E-state index in [9.17, 15) is 28.8 Å². The molecule has 0 radical (unpaired) electrons. The van der Waals surface area contributed by atoms with E-state index >= 15 is 0 Å². The van der Waals surface area contributed by atoms with Crippen LogP contribution in [0.3, 0.4) is 0 Å². The molecule has 72 heavy (non-hydrogen) atoms. The van der Waals surface area contributed by atoms with E-state index in [1.54, 1.807) is 153 Å². The van der Waals surface area contributed by atoms with Gasteiger partial charge in [-0.05, 0) is 72.8 Å². The van der Waals surface area contributed by atoms with E-state index in [2.05, 4.69) is 0 Å². The number of carbonyl (C=O) groups is 6. The fourth-order valence-corrected chi connectivity index (χ4v) is 8.16. The molecule has 16 nitrogen and oxygen atoms in total. The summed E-state index contributed by atoms with van der Waals surface area (Å²) >= 11 is 0. The maximum Gasteiger partial charge on any atom is 0.338 e. The predicted octanol–water partition coefficient (Wildman–Crippen LogP) is 7.72. The van der Waals surface area contributed by atoms with Crippen molar-refractivity contribution in [1.29, 1.82) is 0 Å². The summed E-state index contributed by atoms with van der Waals surface area (Å²) in [6.45, 7) is 0.559. The summed E-state index contributed by atoms with van der Waals surface area (Å²) < 4.78 is 62.2. The number of rotatable bonds is 17. The summed E-state index contributed by atoms with van der Waals surface area (Å²) in [6, 6.07) is 48.5. The maximum atomic E-state index is 14.2. The second-order valence-corrected chi connectivity index (χ2v) is 16.7. The van der Waals surface area contributed by atoms with Gasteiger partial charge in [-0.15, -0.1) is 0 Å². The van der Waals surface area contributed by atoms with Crippen molar-refractivity contribution in [1.82, 2.24) is 0 Å². The van der Waals surface area contributed by atoms with E-state index in [1.165, 1.54) is 43.5 Å². The van der Waals surface area contributed by atoms with Crippen LogP contribution in [0.5, 0.6) is 0 Å². The molecule has 0 amide bonds. The topological polar surface area (TPSA) is 195 Å². The monoisotopic (exact) mass is 978 g/mol. The molecule has 10 atom stereocenters. The molecule has 2 saturated heterocycles. The predicted molar refractivity (Wildman–Crippen MR) is 254 cm³/mol. The summed E-state index contributed by atoms with van der Waals surface area (Å²) in [6.07, 6.45) is -13.6. The first-order chi connectivity index (χ1) is 35.1. The molecule has 2 fully saturated rings. The molecule has 0 aliphatic carbocycles. The standard InChI is InChI=1S/C56H50O16/c1-35-44(68-51(59)38-25-13-5-14-26-38)42(33-64-49(57)36-21-9-3-10-22-36)67-56(45(35)69-52(60)39-27-15-6-16-28-39)72-47-46(70-53(61)40-29-17-7-18-30-40)43(34-65-50(58)37-23-11-4-12-24-37)66-55(63-2)48(47)71-54(62)41-31-19-8-20-32-41/h3-32,35,42-48,55-56H,33-34H2,1-2H3/t35-,42?,43?,44-,45?,46+,47-,48?,55-,56+/m0/s1. The van der Waals surface area contributed by atoms with Crippen molar-refractivity contribution in [2.75, 3.05) is 20.3 Å². The number of hydrogen-bond donors (Lipinski definition) is 0. The average Bonchev–Trinajstić information content (AvgIpc) is 3.43. The zero-order chi connectivity index (χ0) is 50.4. The zero-order valence-electron chi connectivity index (χ0n) is 39.0. The van der Waals surface area contributed by atoms with E-state index in [1.807, 2.05) is 0 Å². The summed E-state index contributed by atoms with van der Waals surface area (Å²) in [5.41, 5.74) is 1.02. The molecule has 2 heterocycles. The number of esters is 6. The summed E-state index contributed by atoms with van der Waals surface area (Å²) in [4.78, 5) is 83.1. The Morgan fingerprint density at radius 2 is 0.653 bits per heavy atom. The van der Waals surface area contributed by atoms with Crippen LogP contribution in [0.1, 0.15) is 69.1 Å². The highest BCUT2D eigenvalue weighted by Gasteiger charge is 2.56. The molecule has 0 spiro atoms. The van der Waals surface area contributed by atoms with E-state index in [4.69, 9.17) is 47.4 Å². The van der Waals surface area contributed by atoms with Gasteiger partial charge in [-0.3, -0.25) is 0 Å². The fraction of sp³-hybridized carbons (Fsp3) is 0.250. The van der Waals surface area contributed by atoms with Gasteiger partial charge in [-0.1, -0.05) is 116 Å². The average molecular weight is 979 g/mol. The minimum atomic E-state index is -1.72. The molecule has 6 aromatic carbocycles.